The maximum Gasteiger partial charge on any atom is 0.262 e. The van der Waals surface area contributed by atoms with Crippen LogP contribution in [0.3, 0.4) is 0 Å². The molecule has 1 N–H and O–H groups in total. The van der Waals surface area contributed by atoms with E-state index in [1.54, 1.807) is 22.8 Å². The van der Waals surface area contributed by atoms with Crippen LogP contribution in [0.5, 0.6) is 0 Å². The molecule has 2 rings (SSSR count). The van der Waals surface area contributed by atoms with E-state index < -0.39 is 0 Å². The number of rotatable bonds is 8. The molecule has 1 amide bonds. The molecular formula is C18H24ClN3O2S. The molecule has 2 aromatic rings. The summed E-state index contributed by atoms with van der Waals surface area (Å²) in [6, 6.07) is 5.08. The van der Waals surface area contributed by atoms with Gasteiger partial charge in [0.15, 0.2) is 5.16 Å². The number of thioether (sulfide) groups is 1. The summed E-state index contributed by atoms with van der Waals surface area (Å²) in [5.74, 6) is 0.740. The van der Waals surface area contributed by atoms with E-state index in [-0.39, 0.29) is 17.2 Å². The first-order chi connectivity index (χ1) is 11.9. The van der Waals surface area contributed by atoms with Crippen molar-refractivity contribution in [2.24, 2.45) is 5.92 Å². The second kappa shape index (κ2) is 9.25. The van der Waals surface area contributed by atoms with Gasteiger partial charge in [-0.15, -0.1) is 0 Å². The number of hydrogen-bond acceptors (Lipinski definition) is 4. The van der Waals surface area contributed by atoms with Crippen LogP contribution in [0.4, 0.5) is 0 Å². The Labute approximate surface area is 157 Å². The average molecular weight is 382 g/mol. The Morgan fingerprint density at radius 3 is 2.84 bits per heavy atom. The first-order valence-corrected chi connectivity index (χ1v) is 9.88. The third-order valence-corrected chi connectivity index (χ3v) is 4.92. The summed E-state index contributed by atoms with van der Waals surface area (Å²) in [6.07, 6.45) is 1.76. The molecule has 25 heavy (non-hydrogen) atoms. The average Bonchev–Trinajstić information content (AvgIpc) is 2.55. The van der Waals surface area contributed by atoms with Crippen molar-refractivity contribution in [2.75, 3.05) is 12.3 Å². The van der Waals surface area contributed by atoms with Crippen LogP contribution in [0.1, 0.15) is 33.6 Å². The minimum absolute atomic E-state index is 0.0471. The molecule has 0 spiro atoms. The van der Waals surface area contributed by atoms with Gasteiger partial charge in [0.1, 0.15) is 0 Å². The fourth-order valence-electron chi connectivity index (χ4n) is 2.39. The smallest absolute Gasteiger partial charge is 0.262 e. The molecule has 0 atom stereocenters. The van der Waals surface area contributed by atoms with Gasteiger partial charge in [-0.2, -0.15) is 0 Å². The summed E-state index contributed by atoms with van der Waals surface area (Å²) in [7, 11) is 0. The highest BCUT2D eigenvalue weighted by molar-refractivity contribution is 7.99. The number of hydrogen-bond donors (Lipinski definition) is 1. The van der Waals surface area contributed by atoms with Crippen molar-refractivity contribution in [2.45, 2.75) is 45.3 Å². The van der Waals surface area contributed by atoms with Gasteiger partial charge in [-0.25, -0.2) is 4.98 Å². The van der Waals surface area contributed by atoms with Crippen molar-refractivity contribution in [1.82, 2.24) is 14.9 Å². The molecular weight excluding hydrogens is 358 g/mol. The monoisotopic (exact) mass is 381 g/mol. The number of carbonyl (C=O) groups excluding carboxylic acids is 1. The van der Waals surface area contributed by atoms with Gasteiger partial charge in [0.05, 0.1) is 16.7 Å². The molecule has 0 bridgehead atoms. The number of fused-ring (bicyclic) bond motifs is 1. The lowest BCUT2D eigenvalue weighted by Gasteiger charge is -2.12. The van der Waals surface area contributed by atoms with Gasteiger partial charge in [-0.3, -0.25) is 14.2 Å². The second-order valence-electron chi connectivity index (χ2n) is 6.33. The Kier molecular flexibility index (Phi) is 7.32. The number of nitrogens with zero attached hydrogens (tertiary/aromatic N) is 2. The predicted molar refractivity (Wildman–Crippen MR) is 104 cm³/mol. The van der Waals surface area contributed by atoms with Crippen molar-refractivity contribution in [3.8, 4) is 0 Å². The van der Waals surface area contributed by atoms with Gasteiger partial charge in [-0.05, 0) is 37.0 Å². The molecule has 0 radical (unpaired) electrons. The molecule has 0 aliphatic rings. The number of halogens is 1. The Bertz CT molecular complexity index is 805. The Hall–Kier alpha value is -1.53. The van der Waals surface area contributed by atoms with Gasteiger partial charge < -0.3 is 5.32 Å². The third-order valence-electron chi connectivity index (χ3n) is 3.71. The van der Waals surface area contributed by atoms with Gasteiger partial charge in [-0.1, -0.05) is 44.1 Å². The second-order valence-corrected chi connectivity index (χ2v) is 7.71. The first kappa shape index (κ1) is 19.8. The van der Waals surface area contributed by atoms with Crippen molar-refractivity contribution < 1.29 is 4.79 Å². The number of nitrogens with one attached hydrogen (secondary N) is 1. The summed E-state index contributed by atoms with van der Waals surface area (Å²) in [5.41, 5.74) is 0.471. The van der Waals surface area contributed by atoms with Crippen molar-refractivity contribution >= 4 is 40.2 Å². The number of amides is 1. The molecule has 0 saturated heterocycles. The van der Waals surface area contributed by atoms with E-state index in [9.17, 15) is 9.59 Å². The lowest BCUT2D eigenvalue weighted by Crippen LogP contribution is -2.28. The molecule has 0 aliphatic carbocycles. The Morgan fingerprint density at radius 1 is 1.40 bits per heavy atom. The standard InChI is InChI=1S/C18H24ClN3O2S/c1-4-9-22-17(24)14-6-5-13(19)10-15(14)21-18(22)25-11-16(23)20-8-7-12(2)3/h5-6,10,12H,4,7-9,11H2,1-3H3,(H,20,23). The van der Waals surface area contributed by atoms with Crippen LogP contribution in [-0.4, -0.2) is 27.8 Å². The zero-order chi connectivity index (χ0) is 18.4. The Balaban J connectivity index is 2.19. The normalized spacial score (nSPS) is 11.2. The third kappa shape index (κ3) is 5.47. The molecule has 1 aromatic carbocycles. The SMILES string of the molecule is CCCn1c(SCC(=O)NCCC(C)C)nc2cc(Cl)ccc2c1=O. The van der Waals surface area contributed by atoms with Crippen LogP contribution >= 0.6 is 23.4 Å². The van der Waals surface area contributed by atoms with Crippen molar-refractivity contribution in [3.05, 3.63) is 33.6 Å². The van der Waals surface area contributed by atoms with Crippen LogP contribution in [0.25, 0.3) is 10.9 Å². The minimum atomic E-state index is -0.0915. The van der Waals surface area contributed by atoms with E-state index in [0.29, 0.717) is 40.1 Å². The molecule has 0 fully saturated rings. The molecule has 136 valence electrons. The van der Waals surface area contributed by atoms with Crippen LogP contribution in [0, 0.1) is 5.92 Å². The highest BCUT2D eigenvalue weighted by Gasteiger charge is 2.13. The molecule has 7 heteroatoms. The first-order valence-electron chi connectivity index (χ1n) is 8.52. The zero-order valence-corrected chi connectivity index (χ0v) is 16.4. The van der Waals surface area contributed by atoms with E-state index in [1.165, 1.54) is 11.8 Å². The quantitative estimate of drug-likeness (QED) is 0.559. The minimum Gasteiger partial charge on any atom is -0.355 e. The molecule has 0 unspecified atom stereocenters. The van der Waals surface area contributed by atoms with E-state index in [1.807, 2.05) is 6.92 Å². The Morgan fingerprint density at radius 2 is 2.16 bits per heavy atom. The fraction of sp³-hybridized carbons (Fsp3) is 0.500. The molecule has 1 heterocycles. The lowest BCUT2D eigenvalue weighted by molar-refractivity contribution is -0.118. The molecule has 0 aliphatic heterocycles. The highest BCUT2D eigenvalue weighted by atomic mass is 35.5. The summed E-state index contributed by atoms with van der Waals surface area (Å²) in [6.45, 7) is 7.48. The van der Waals surface area contributed by atoms with E-state index in [0.717, 1.165) is 12.8 Å². The topological polar surface area (TPSA) is 64.0 Å². The van der Waals surface area contributed by atoms with Crippen LogP contribution in [0.2, 0.25) is 5.02 Å². The van der Waals surface area contributed by atoms with Gasteiger partial charge in [0.25, 0.3) is 5.56 Å². The van der Waals surface area contributed by atoms with E-state index in [4.69, 9.17) is 11.6 Å². The molecule has 5 nitrogen and oxygen atoms in total. The van der Waals surface area contributed by atoms with Gasteiger partial charge in [0.2, 0.25) is 5.91 Å². The maximum atomic E-state index is 12.7. The summed E-state index contributed by atoms with van der Waals surface area (Å²) >= 11 is 7.30. The van der Waals surface area contributed by atoms with Gasteiger partial charge in [0, 0.05) is 18.1 Å². The molecule has 1 aromatic heterocycles. The number of aromatic nitrogens is 2. The summed E-state index contributed by atoms with van der Waals surface area (Å²) < 4.78 is 1.64. The predicted octanol–water partition coefficient (Wildman–Crippen LogP) is 3.71. The highest BCUT2D eigenvalue weighted by Crippen LogP contribution is 2.20. The van der Waals surface area contributed by atoms with Crippen molar-refractivity contribution in [3.63, 3.8) is 0 Å². The van der Waals surface area contributed by atoms with E-state index in [2.05, 4.69) is 24.1 Å². The van der Waals surface area contributed by atoms with Crippen LogP contribution < -0.4 is 10.9 Å². The zero-order valence-electron chi connectivity index (χ0n) is 14.8. The summed E-state index contributed by atoms with van der Waals surface area (Å²) in [5, 5.41) is 4.54. The van der Waals surface area contributed by atoms with Gasteiger partial charge >= 0.3 is 0 Å². The number of carbonyl (C=O) groups is 1. The van der Waals surface area contributed by atoms with Crippen molar-refractivity contribution in [1.29, 1.82) is 0 Å². The number of benzene rings is 1. The van der Waals surface area contributed by atoms with E-state index >= 15 is 0 Å². The molecule has 0 saturated carbocycles. The fourth-order valence-corrected chi connectivity index (χ4v) is 3.41. The van der Waals surface area contributed by atoms with Crippen LogP contribution in [0.15, 0.2) is 28.2 Å². The van der Waals surface area contributed by atoms with Crippen LogP contribution in [-0.2, 0) is 11.3 Å². The lowest BCUT2D eigenvalue weighted by atomic mass is 10.1. The largest absolute Gasteiger partial charge is 0.355 e. The summed E-state index contributed by atoms with van der Waals surface area (Å²) in [4.78, 5) is 29.3. The maximum absolute atomic E-state index is 12.7.